The molecular formula is C57H114N2O6P+. The van der Waals surface area contributed by atoms with Crippen molar-refractivity contribution in [2.45, 2.75) is 296 Å². The molecule has 0 aliphatic heterocycles. The Morgan fingerprint density at radius 3 is 1.17 bits per heavy atom. The highest BCUT2D eigenvalue weighted by Crippen LogP contribution is 2.43. The normalized spacial score (nSPS) is 14.1. The largest absolute Gasteiger partial charge is 0.472 e. The molecule has 392 valence electrons. The van der Waals surface area contributed by atoms with E-state index in [-0.39, 0.29) is 19.1 Å². The van der Waals surface area contributed by atoms with Crippen LogP contribution in [-0.2, 0) is 18.4 Å². The van der Waals surface area contributed by atoms with Gasteiger partial charge in [-0.1, -0.05) is 256 Å². The first-order valence-electron chi connectivity index (χ1n) is 28.7. The van der Waals surface area contributed by atoms with Crippen molar-refractivity contribution in [3.05, 3.63) is 24.3 Å². The lowest BCUT2D eigenvalue weighted by molar-refractivity contribution is -0.870. The zero-order valence-corrected chi connectivity index (χ0v) is 45.6. The number of carbonyl (C=O) groups is 1. The number of aliphatic hydroxyl groups is 1. The molecule has 0 aromatic carbocycles. The maximum absolute atomic E-state index is 13.0. The highest BCUT2D eigenvalue weighted by molar-refractivity contribution is 7.47. The van der Waals surface area contributed by atoms with E-state index < -0.39 is 20.0 Å². The van der Waals surface area contributed by atoms with E-state index in [1.54, 1.807) is 6.08 Å². The second-order valence-corrected chi connectivity index (χ2v) is 22.5. The molecule has 0 aromatic rings. The summed E-state index contributed by atoms with van der Waals surface area (Å²) in [4.78, 5) is 23.3. The van der Waals surface area contributed by atoms with E-state index in [0.29, 0.717) is 17.4 Å². The summed E-state index contributed by atoms with van der Waals surface area (Å²) in [6.07, 6.45) is 61.3. The van der Waals surface area contributed by atoms with E-state index >= 15 is 0 Å². The van der Waals surface area contributed by atoms with Gasteiger partial charge in [0.05, 0.1) is 39.9 Å². The molecule has 3 unspecified atom stereocenters. The zero-order chi connectivity index (χ0) is 48.5. The van der Waals surface area contributed by atoms with Gasteiger partial charge in [0.2, 0.25) is 5.91 Å². The number of rotatable bonds is 53. The van der Waals surface area contributed by atoms with E-state index in [2.05, 4.69) is 31.3 Å². The number of unbranched alkanes of at least 4 members (excludes halogenated alkanes) is 38. The molecule has 1 amide bonds. The first kappa shape index (κ1) is 65.0. The van der Waals surface area contributed by atoms with Gasteiger partial charge in [0.1, 0.15) is 13.2 Å². The third kappa shape index (κ3) is 50.8. The van der Waals surface area contributed by atoms with Crippen LogP contribution in [0.1, 0.15) is 284 Å². The molecule has 0 fully saturated rings. The number of amides is 1. The van der Waals surface area contributed by atoms with Crippen molar-refractivity contribution in [1.29, 1.82) is 0 Å². The second-order valence-electron chi connectivity index (χ2n) is 21.0. The van der Waals surface area contributed by atoms with Crippen LogP contribution in [0.4, 0.5) is 0 Å². The van der Waals surface area contributed by atoms with Gasteiger partial charge >= 0.3 is 7.82 Å². The fourth-order valence-electron chi connectivity index (χ4n) is 8.63. The van der Waals surface area contributed by atoms with Gasteiger partial charge in [-0.05, 0) is 44.9 Å². The average Bonchev–Trinajstić information content (AvgIpc) is 3.28. The summed E-state index contributed by atoms with van der Waals surface area (Å²) < 4.78 is 23.7. The molecule has 0 aromatic heterocycles. The molecule has 0 saturated carbocycles. The first-order valence-corrected chi connectivity index (χ1v) is 30.2. The van der Waals surface area contributed by atoms with Crippen LogP contribution in [0.3, 0.4) is 0 Å². The SMILES string of the molecule is CCCCCCCCC/C=C\CCCCCCCCCC(=O)NC(COP(=O)(O)OCC[N+](C)(C)C)C(O)/C=C/CCCCCCCCCCCCCCCCCCCCCCCCCC. The Morgan fingerprint density at radius 1 is 0.500 bits per heavy atom. The van der Waals surface area contributed by atoms with Crippen LogP contribution in [0, 0.1) is 0 Å². The van der Waals surface area contributed by atoms with Crippen LogP contribution in [0.5, 0.6) is 0 Å². The summed E-state index contributed by atoms with van der Waals surface area (Å²) in [6, 6.07) is -0.847. The maximum Gasteiger partial charge on any atom is 0.472 e. The van der Waals surface area contributed by atoms with E-state index in [0.717, 1.165) is 38.5 Å². The van der Waals surface area contributed by atoms with Crippen LogP contribution >= 0.6 is 7.82 Å². The summed E-state index contributed by atoms with van der Waals surface area (Å²) >= 11 is 0. The van der Waals surface area contributed by atoms with Crippen molar-refractivity contribution in [1.82, 2.24) is 5.32 Å². The van der Waals surface area contributed by atoms with E-state index in [1.807, 2.05) is 27.2 Å². The summed E-state index contributed by atoms with van der Waals surface area (Å²) in [5, 5.41) is 13.9. The monoisotopic (exact) mass is 954 g/mol. The van der Waals surface area contributed by atoms with Gasteiger partial charge < -0.3 is 19.8 Å². The van der Waals surface area contributed by atoms with Crippen LogP contribution in [0.15, 0.2) is 24.3 Å². The molecule has 0 bridgehead atoms. The van der Waals surface area contributed by atoms with Gasteiger partial charge in [-0.3, -0.25) is 13.8 Å². The number of phosphoric ester groups is 1. The number of aliphatic hydroxyl groups excluding tert-OH is 1. The Morgan fingerprint density at radius 2 is 0.818 bits per heavy atom. The molecule has 66 heavy (non-hydrogen) atoms. The second kappa shape index (κ2) is 49.0. The van der Waals surface area contributed by atoms with Gasteiger partial charge in [-0.25, -0.2) is 4.57 Å². The number of phosphoric acid groups is 1. The minimum atomic E-state index is -4.35. The van der Waals surface area contributed by atoms with Gasteiger partial charge in [0.15, 0.2) is 0 Å². The van der Waals surface area contributed by atoms with Crippen LogP contribution < -0.4 is 5.32 Å². The number of likely N-dealkylation sites (N-methyl/N-ethyl adjacent to an activating group) is 1. The number of nitrogens with one attached hydrogen (secondary N) is 1. The summed E-state index contributed by atoms with van der Waals surface area (Å²) in [6.45, 7) is 4.85. The van der Waals surface area contributed by atoms with Crippen LogP contribution in [0.2, 0.25) is 0 Å². The molecule has 0 aliphatic carbocycles. The van der Waals surface area contributed by atoms with E-state index in [1.165, 1.54) is 225 Å². The predicted molar refractivity (Wildman–Crippen MR) is 286 cm³/mol. The Balaban J connectivity index is 4.19. The third-order valence-corrected chi connectivity index (χ3v) is 14.1. The highest BCUT2D eigenvalue weighted by atomic mass is 31.2. The van der Waals surface area contributed by atoms with Crippen LogP contribution in [-0.4, -0.2) is 73.4 Å². The average molecular weight is 955 g/mol. The molecule has 0 rings (SSSR count). The Kier molecular flexibility index (Phi) is 48.2. The Labute approximate surface area is 411 Å². The fraction of sp³-hybridized carbons (Fsp3) is 0.912. The summed E-state index contributed by atoms with van der Waals surface area (Å²) in [5.41, 5.74) is 0. The third-order valence-electron chi connectivity index (χ3n) is 13.2. The number of hydrogen-bond donors (Lipinski definition) is 3. The highest BCUT2D eigenvalue weighted by Gasteiger charge is 2.27. The molecule has 0 heterocycles. The lowest BCUT2D eigenvalue weighted by Gasteiger charge is -2.25. The fourth-order valence-corrected chi connectivity index (χ4v) is 9.36. The molecule has 3 N–H and O–H groups in total. The smallest absolute Gasteiger partial charge is 0.387 e. The lowest BCUT2D eigenvalue weighted by Crippen LogP contribution is -2.45. The molecular weight excluding hydrogens is 840 g/mol. The molecule has 0 aliphatic rings. The molecule has 0 saturated heterocycles. The standard InChI is InChI=1S/C57H113N2O6P/c1-6-8-10-12-14-16-18-20-22-24-26-27-28-29-30-31-32-33-34-36-38-40-42-44-46-48-50-56(60)55(54-65-66(62,63)64-53-52-59(3,4)5)58-57(61)51-49-47-45-43-41-39-37-35-25-23-21-19-17-15-13-11-9-7-2/h23,25,48,50,55-56,60H,6-22,24,26-47,49,51-54H2,1-5H3,(H-,58,61,62,63)/p+1/b25-23-,50-48+. The minimum Gasteiger partial charge on any atom is -0.387 e. The molecule has 8 nitrogen and oxygen atoms in total. The number of nitrogens with zero attached hydrogens (tertiary/aromatic N) is 1. The quantitative estimate of drug-likeness (QED) is 0.0243. The van der Waals surface area contributed by atoms with Gasteiger partial charge in [0.25, 0.3) is 0 Å². The first-order chi connectivity index (χ1) is 32.0. The zero-order valence-electron chi connectivity index (χ0n) is 44.7. The van der Waals surface area contributed by atoms with Gasteiger partial charge in [0, 0.05) is 6.42 Å². The van der Waals surface area contributed by atoms with E-state index in [9.17, 15) is 19.4 Å². The lowest BCUT2D eigenvalue weighted by atomic mass is 10.0. The van der Waals surface area contributed by atoms with E-state index in [4.69, 9.17) is 9.05 Å². The number of quaternary nitrogens is 1. The molecule has 0 radical (unpaired) electrons. The van der Waals surface area contributed by atoms with Crippen molar-refractivity contribution in [2.75, 3.05) is 40.9 Å². The molecule has 0 spiro atoms. The number of hydrogen-bond acceptors (Lipinski definition) is 5. The Hall–Kier alpha value is -1.02. The van der Waals surface area contributed by atoms with Gasteiger partial charge in [-0.2, -0.15) is 0 Å². The van der Waals surface area contributed by atoms with Crippen molar-refractivity contribution < 1.29 is 32.9 Å². The number of allylic oxidation sites excluding steroid dienone is 3. The minimum absolute atomic E-state index is 0.0623. The Bertz CT molecular complexity index is 1130. The molecule has 9 heteroatoms. The maximum atomic E-state index is 13.0. The van der Waals surface area contributed by atoms with Crippen molar-refractivity contribution in [3.63, 3.8) is 0 Å². The molecule has 3 atom stereocenters. The predicted octanol–water partition coefficient (Wildman–Crippen LogP) is 17.2. The topological polar surface area (TPSA) is 105 Å². The van der Waals surface area contributed by atoms with Gasteiger partial charge in [-0.15, -0.1) is 0 Å². The number of carbonyl (C=O) groups excluding carboxylic acids is 1. The summed E-state index contributed by atoms with van der Waals surface area (Å²) in [5.74, 6) is -0.178. The summed E-state index contributed by atoms with van der Waals surface area (Å²) in [7, 11) is 1.58. The van der Waals surface area contributed by atoms with Crippen molar-refractivity contribution in [2.24, 2.45) is 0 Å². The van der Waals surface area contributed by atoms with Crippen molar-refractivity contribution >= 4 is 13.7 Å². The van der Waals surface area contributed by atoms with Crippen LogP contribution in [0.25, 0.3) is 0 Å². The van der Waals surface area contributed by atoms with Crippen molar-refractivity contribution in [3.8, 4) is 0 Å².